The molecule has 20 heavy (non-hydrogen) atoms. The quantitative estimate of drug-likeness (QED) is 0.667. The second-order valence-corrected chi connectivity index (χ2v) is 5.06. The van der Waals surface area contributed by atoms with Crippen molar-refractivity contribution in [2.75, 3.05) is 12.0 Å². The number of aromatic nitrogens is 1. The van der Waals surface area contributed by atoms with Gasteiger partial charge in [0.25, 0.3) is 0 Å². The van der Waals surface area contributed by atoms with Crippen LogP contribution in [0.4, 0.5) is 4.79 Å². The van der Waals surface area contributed by atoms with Gasteiger partial charge in [0.15, 0.2) is 0 Å². The second kappa shape index (κ2) is 8.47. The van der Waals surface area contributed by atoms with Gasteiger partial charge in [-0.2, -0.15) is 11.8 Å². The molecule has 1 aromatic heterocycles. The summed E-state index contributed by atoms with van der Waals surface area (Å²) in [5.41, 5.74) is 0. The zero-order chi connectivity index (χ0) is 15.0. The van der Waals surface area contributed by atoms with E-state index >= 15 is 0 Å². The number of hydrogen-bond donors (Lipinski definition) is 3. The summed E-state index contributed by atoms with van der Waals surface area (Å²) in [5.74, 6) is 0.758. The highest BCUT2D eigenvalue weighted by molar-refractivity contribution is 7.98. The molecular weight excluding hydrogens is 282 g/mol. The minimum Gasteiger partial charge on any atom is -0.480 e. The van der Waals surface area contributed by atoms with Crippen LogP contribution in [0.5, 0.6) is 0 Å². The average molecular weight is 301 g/mol. The third kappa shape index (κ3) is 5.52. The van der Waals surface area contributed by atoms with Crippen LogP contribution in [0, 0.1) is 0 Å². The van der Waals surface area contributed by atoms with Gasteiger partial charge >= 0.3 is 12.0 Å². The van der Waals surface area contributed by atoms with Crippen molar-refractivity contribution in [3.63, 3.8) is 0 Å². The minimum atomic E-state index is -1.04. The molecule has 0 spiro atoms. The van der Waals surface area contributed by atoms with Crippen molar-refractivity contribution in [2.24, 2.45) is 0 Å². The van der Waals surface area contributed by atoms with E-state index in [9.17, 15) is 9.59 Å². The largest absolute Gasteiger partial charge is 0.480 e. The zero-order valence-electron chi connectivity index (χ0n) is 11.5. The molecule has 1 heterocycles. The normalized spacial score (nSPS) is 11.9. The van der Waals surface area contributed by atoms with Gasteiger partial charge in [0, 0.05) is 6.42 Å². The number of amides is 2. The van der Waals surface area contributed by atoms with Gasteiger partial charge in [0.1, 0.15) is 11.8 Å². The molecule has 112 valence electrons. The Balaban J connectivity index is 2.39. The highest BCUT2D eigenvalue weighted by Gasteiger charge is 2.19. The van der Waals surface area contributed by atoms with Crippen molar-refractivity contribution in [2.45, 2.75) is 32.4 Å². The molecule has 0 aromatic carbocycles. The zero-order valence-corrected chi connectivity index (χ0v) is 12.3. The highest BCUT2D eigenvalue weighted by atomic mass is 32.2. The van der Waals surface area contributed by atoms with E-state index in [4.69, 9.17) is 9.52 Å². The first kappa shape index (κ1) is 16.4. The number of thioether (sulfide) groups is 1. The monoisotopic (exact) mass is 301 g/mol. The summed E-state index contributed by atoms with van der Waals surface area (Å²) in [5, 5.41) is 13.9. The molecule has 0 saturated heterocycles. The molecule has 2 amide bonds. The standard InChI is InChI=1S/C12H19N3O4S/c1-3-8-6-13-10(19-8)7-14-12(18)15-9(11(16)17)4-5-20-2/h6,9H,3-5,7H2,1-2H3,(H,16,17)(H2,14,15,18)/t9-/m0/s1. The fourth-order valence-electron chi connectivity index (χ4n) is 1.45. The number of carboxylic acids is 1. The predicted octanol–water partition coefficient (Wildman–Crippen LogP) is 1.24. The van der Waals surface area contributed by atoms with Gasteiger partial charge in [-0.1, -0.05) is 6.92 Å². The van der Waals surface area contributed by atoms with Crippen LogP contribution in [0.1, 0.15) is 25.0 Å². The lowest BCUT2D eigenvalue weighted by atomic mass is 10.2. The lowest BCUT2D eigenvalue weighted by Crippen LogP contribution is -2.46. The summed E-state index contributed by atoms with van der Waals surface area (Å²) in [6.07, 6.45) is 4.60. The number of aliphatic carboxylic acids is 1. The summed E-state index contributed by atoms with van der Waals surface area (Å²) in [7, 11) is 0. The Bertz CT molecular complexity index is 450. The van der Waals surface area contributed by atoms with E-state index in [0.717, 1.165) is 12.2 Å². The third-order valence-corrected chi connectivity index (χ3v) is 3.21. The molecule has 1 aromatic rings. The molecule has 7 nitrogen and oxygen atoms in total. The minimum absolute atomic E-state index is 0.126. The molecule has 1 atom stereocenters. The number of urea groups is 1. The lowest BCUT2D eigenvalue weighted by molar-refractivity contribution is -0.139. The van der Waals surface area contributed by atoms with Crippen LogP contribution in [-0.2, 0) is 17.8 Å². The molecule has 3 N–H and O–H groups in total. The Morgan fingerprint density at radius 2 is 2.30 bits per heavy atom. The molecule has 0 unspecified atom stereocenters. The Morgan fingerprint density at radius 3 is 2.85 bits per heavy atom. The highest BCUT2D eigenvalue weighted by Crippen LogP contribution is 2.04. The van der Waals surface area contributed by atoms with Crippen molar-refractivity contribution in [3.05, 3.63) is 17.8 Å². The van der Waals surface area contributed by atoms with E-state index < -0.39 is 18.0 Å². The lowest BCUT2D eigenvalue weighted by Gasteiger charge is -2.14. The van der Waals surface area contributed by atoms with Gasteiger partial charge in [0.2, 0.25) is 5.89 Å². The maximum absolute atomic E-state index is 11.6. The predicted molar refractivity (Wildman–Crippen MR) is 75.7 cm³/mol. The van der Waals surface area contributed by atoms with Crippen molar-refractivity contribution >= 4 is 23.8 Å². The molecule has 0 aliphatic heterocycles. The summed E-state index contributed by atoms with van der Waals surface area (Å²) < 4.78 is 5.33. The second-order valence-electron chi connectivity index (χ2n) is 4.07. The van der Waals surface area contributed by atoms with Crippen LogP contribution in [0.25, 0.3) is 0 Å². The number of carbonyl (C=O) groups is 2. The number of aryl methyl sites for hydroxylation is 1. The Labute approximate surface area is 121 Å². The van der Waals surface area contributed by atoms with Crippen molar-refractivity contribution in [1.82, 2.24) is 15.6 Å². The third-order valence-electron chi connectivity index (χ3n) is 2.56. The van der Waals surface area contributed by atoms with Crippen LogP contribution >= 0.6 is 11.8 Å². The maximum atomic E-state index is 11.6. The summed E-state index contributed by atoms with van der Waals surface area (Å²) in [6, 6.07) is -1.44. The molecule has 0 aliphatic rings. The molecule has 0 radical (unpaired) electrons. The summed E-state index contributed by atoms with van der Waals surface area (Å²) in [6.45, 7) is 2.06. The van der Waals surface area contributed by atoms with Gasteiger partial charge in [-0.25, -0.2) is 14.6 Å². The smallest absolute Gasteiger partial charge is 0.326 e. The van der Waals surface area contributed by atoms with Gasteiger partial charge < -0.3 is 20.2 Å². The number of oxazole rings is 1. The van der Waals surface area contributed by atoms with Crippen LogP contribution in [-0.4, -0.2) is 40.1 Å². The first-order valence-electron chi connectivity index (χ1n) is 6.26. The first-order chi connectivity index (χ1) is 9.56. The van der Waals surface area contributed by atoms with Crippen LogP contribution < -0.4 is 10.6 Å². The van der Waals surface area contributed by atoms with Gasteiger partial charge in [-0.15, -0.1) is 0 Å². The maximum Gasteiger partial charge on any atom is 0.326 e. The summed E-state index contributed by atoms with van der Waals surface area (Å²) in [4.78, 5) is 26.6. The number of nitrogens with one attached hydrogen (secondary N) is 2. The van der Waals surface area contributed by atoms with Crippen molar-refractivity contribution < 1.29 is 19.1 Å². The Kier molecular flexibility index (Phi) is 6.92. The van der Waals surface area contributed by atoms with E-state index in [1.54, 1.807) is 6.20 Å². The number of nitrogens with zero attached hydrogens (tertiary/aromatic N) is 1. The topological polar surface area (TPSA) is 104 Å². The molecular formula is C12H19N3O4S. The Morgan fingerprint density at radius 1 is 1.55 bits per heavy atom. The number of rotatable bonds is 8. The van der Waals surface area contributed by atoms with E-state index in [-0.39, 0.29) is 6.54 Å². The Hall–Kier alpha value is -1.70. The van der Waals surface area contributed by atoms with Gasteiger partial charge in [0.05, 0.1) is 12.7 Å². The number of carboxylic acid groups (broad SMARTS) is 1. The molecule has 0 bridgehead atoms. The van der Waals surface area contributed by atoms with Crippen molar-refractivity contribution in [1.29, 1.82) is 0 Å². The van der Waals surface area contributed by atoms with E-state index in [1.807, 2.05) is 13.2 Å². The molecule has 0 fully saturated rings. The SMILES string of the molecule is CCc1cnc(CNC(=O)N[C@@H](CCSC)C(=O)O)o1. The van der Waals surface area contributed by atoms with Crippen molar-refractivity contribution in [3.8, 4) is 0 Å². The fraction of sp³-hybridized carbons (Fsp3) is 0.583. The van der Waals surface area contributed by atoms with Crippen LogP contribution in [0.3, 0.4) is 0 Å². The molecule has 0 saturated carbocycles. The van der Waals surface area contributed by atoms with Crippen LogP contribution in [0.2, 0.25) is 0 Å². The van der Waals surface area contributed by atoms with Gasteiger partial charge in [-0.3, -0.25) is 0 Å². The van der Waals surface area contributed by atoms with Crippen LogP contribution in [0.15, 0.2) is 10.6 Å². The molecule has 8 heteroatoms. The van der Waals surface area contributed by atoms with E-state index in [1.165, 1.54) is 11.8 Å². The number of hydrogen-bond acceptors (Lipinski definition) is 5. The van der Waals surface area contributed by atoms with E-state index in [2.05, 4.69) is 15.6 Å². The fourth-order valence-corrected chi connectivity index (χ4v) is 1.92. The molecule has 1 rings (SSSR count). The summed E-state index contributed by atoms with van der Waals surface area (Å²) >= 11 is 1.53. The average Bonchev–Trinajstić information content (AvgIpc) is 2.88. The van der Waals surface area contributed by atoms with Gasteiger partial charge in [-0.05, 0) is 18.4 Å². The number of carbonyl (C=O) groups excluding carboxylic acids is 1. The first-order valence-corrected chi connectivity index (χ1v) is 7.65. The molecule has 0 aliphatic carbocycles. The van der Waals surface area contributed by atoms with E-state index in [0.29, 0.717) is 18.1 Å².